The van der Waals surface area contributed by atoms with Crippen LogP contribution in [0.2, 0.25) is 0 Å². The molecule has 1 saturated heterocycles. The topological polar surface area (TPSA) is 174 Å². The van der Waals surface area contributed by atoms with E-state index in [4.69, 9.17) is 30.3 Å². The molecule has 1 atom stereocenters. The van der Waals surface area contributed by atoms with E-state index in [1.165, 1.54) is 6.42 Å². The van der Waals surface area contributed by atoms with Gasteiger partial charge in [-0.2, -0.15) is 0 Å². The zero-order valence-electron chi connectivity index (χ0n) is 15.4. The smallest absolute Gasteiger partial charge is 0.414 e. The van der Waals surface area contributed by atoms with Crippen LogP contribution in [0, 0.1) is 0 Å². The number of likely N-dealkylation sites (tertiary alicyclic amines) is 1. The molecule has 0 aromatic heterocycles. The van der Waals surface area contributed by atoms with E-state index in [1.54, 1.807) is 25.3 Å². The van der Waals surface area contributed by atoms with Gasteiger partial charge in [0.15, 0.2) is 0 Å². The summed E-state index contributed by atoms with van der Waals surface area (Å²) in [5.74, 6) is -3.22. The molecule has 1 fully saturated rings. The molecule has 0 spiro atoms. The summed E-state index contributed by atoms with van der Waals surface area (Å²) in [5.41, 5.74) is 6.79. The molecule has 1 heterocycles. The van der Waals surface area contributed by atoms with Crippen LogP contribution >= 0.6 is 0 Å². The van der Waals surface area contributed by atoms with Crippen molar-refractivity contribution in [2.45, 2.75) is 25.8 Å². The van der Waals surface area contributed by atoms with Crippen LogP contribution < -0.4 is 15.8 Å². The number of rotatable bonds is 5. The fourth-order valence-electron chi connectivity index (χ4n) is 2.75. The zero-order valence-corrected chi connectivity index (χ0v) is 15.4. The van der Waals surface area contributed by atoms with Gasteiger partial charge in [0.05, 0.1) is 12.7 Å². The number of ether oxygens (including phenoxy) is 1. The molecule has 152 valence electrons. The summed E-state index contributed by atoms with van der Waals surface area (Å²) in [6.07, 6.45) is 2.35. The minimum absolute atomic E-state index is 0. The van der Waals surface area contributed by atoms with E-state index < -0.39 is 11.9 Å². The van der Waals surface area contributed by atoms with E-state index in [2.05, 4.69) is 17.1 Å². The predicted molar refractivity (Wildman–Crippen MR) is 98.9 cm³/mol. The maximum Gasteiger partial charge on any atom is 0.414 e. The number of nitrogens with two attached hydrogens (primary N) is 1. The fourth-order valence-corrected chi connectivity index (χ4v) is 2.75. The number of carbonyl (C=O) groups excluding carboxylic acids is 1. The third-order valence-corrected chi connectivity index (χ3v) is 4.05. The van der Waals surface area contributed by atoms with E-state index >= 15 is 0 Å². The maximum absolute atomic E-state index is 12.3. The monoisotopic (exact) mass is 385 g/mol. The van der Waals surface area contributed by atoms with Crippen molar-refractivity contribution in [3.05, 3.63) is 23.8 Å². The van der Waals surface area contributed by atoms with Crippen LogP contribution in [0.25, 0.3) is 0 Å². The molecule has 7 N–H and O–H groups in total. The molecule has 1 unspecified atom stereocenters. The Morgan fingerprint density at radius 1 is 1.30 bits per heavy atom. The van der Waals surface area contributed by atoms with Gasteiger partial charge < -0.3 is 31.5 Å². The average molecular weight is 385 g/mol. The number of carboxylic acids is 2. The standard InChI is InChI=1S/C15H23N3O2.C2H2O4.H2O/c1-3-18-8-4-5-12(18)10-17-15(19)13-9-11(16)6-7-14(13)20-2;3-1(4)2(5)6;/h6-7,9,12H,3-5,8,10,16H2,1-2H3,(H,17,19);(H,3,4)(H,5,6);1H2. The van der Waals surface area contributed by atoms with Gasteiger partial charge in [-0.05, 0) is 44.1 Å². The fraction of sp³-hybridized carbons (Fsp3) is 0.471. The minimum atomic E-state index is -1.82. The molecular weight excluding hydrogens is 358 g/mol. The van der Waals surface area contributed by atoms with Crippen LogP contribution in [0.5, 0.6) is 5.75 Å². The van der Waals surface area contributed by atoms with Crippen molar-refractivity contribution < 1.29 is 34.8 Å². The lowest BCUT2D eigenvalue weighted by Gasteiger charge is -2.23. The Hall–Kier alpha value is -2.85. The third kappa shape index (κ3) is 7.50. The molecule has 1 aromatic carbocycles. The van der Waals surface area contributed by atoms with E-state index in [0.29, 0.717) is 29.6 Å². The molecule has 0 aliphatic carbocycles. The van der Waals surface area contributed by atoms with Gasteiger partial charge in [-0.1, -0.05) is 6.92 Å². The molecule has 10 heteroatoms. The third-order valence-electron chi connectivity index (χ3n) is 4.05. The van der Waals surface area contributed by atoms with Gasteiger partial charge in [0.1, 0.15) is 5.75 Å². The molecule has 27 heavy (non-hydrogen) atoms. The number of methoxy groups -OCH3 is 1. The Labute approximate surface area is 157 Å². The van der Waals surface area contributed by atoms with Gasteiger partial charge in [0.25, 0.3) is 5.91 Å². The van der Waals surface area contributed by atoms with Crippen molar-refractivity contribution in [3.8, 4) is 5.75 Å². The Bertz CT molecular complexity index is 639. The molecule has 10 nitrogen and oxygen atoms in total. The first kappa shape index (κ1) is 24.1. The molecule has 0 radical (unpaired) electrons. The van der Waals surface area contributed by atoms with E-state index in [0.717, 1.165) is 19.5 Å². The molecule has 2 rings (SSSR count). The highest BCUT2D eigenvalue weighted by atomic mass is 16.5. The van der Waals surface area contributed by atoms with Crippen LogP contribution in [0.1, 0.15) is 30.1 Å². The lowest BCUT2D eigenvalue weighted by molar-refractivity contribution is -0.159. The number of amides is 1. The van der Waals surface area contributed by atoms with Gasteiger partial charge in [0.2, 0.25) is 0 Å². The zero-order chi connectivity index (χ0) is 19.7. The van der Waals surface area contributed by atoms with Gasteiger partial charge in [-0.3, -0.25) is 9.69 Å². The quantitative estimate of drug-likeness (QED) is 0.399. The summed E-state index contributed by atoms with van der Waals surface area (Å²) in [6, 6.07) is 5.54. The number of hydrogen-bond acceptors (Lipinski definition) is 6. The van der Waals surface area contributed by atoms with Crippen LogP contribution in [0.3, 0.4) is 0 Å². The Balaban J connectivity index is 0.000000842. The van der Waals surface area contributed by atoms with E-state index in [-0.39, 0.29) is 11.4 Å². The van der Waals surface area contributed by atoms with Crippen molar-refractivity contribution in [1.29, 1.82) is 0 Å². The lowest BCUT2D eigenvalue weighted by Crippen LogP contribution is -2.40. The molecule has 1 aliphatic heterocycles. The van der Waals surface area contributed by atoms with E-state index in [1.807, 2.05) is 0 Å². The summed E-state index contributed by atoms with van der Waals surface area (Å²) in [4.78, 5) is 32.9. The number of hydrogen-bond donors (Lipinski definition) is 4. The molecule has 1 aromatic rings. The largest absolute Gasteiger partial charge is 0.496 e. The number of anilines is 1. The Kier molecular flexibility index (Phi) is 10.5. The summed E-state index contributed by atoms with van der Waals surface area (Å²) in [5, 5.41) is 17.8. The van der Waals surface area contributed by atoms with Crippen molar-refractivity contribution in [1.82, 2.24) is 10.2 Å². The van der Waals surface area contributed by atoms with Crippen molar-refractivity contribution >= 4 is 23.5 Å². The number of nitrogens with one attached hydrogen (secondary N) is 1. The number of carbonyl (C=O) groups is 3. The Morgan fingerprint density at radius 2 is 1.93 bits per heavy atom. The second-order valence-electron chi connectivity index (χ2n) is 5.70. The summed E-state index contributed by atoms with van der Waals surface area (Å²) in [7, 11) is 1.55. The highest BCUT2D eigenvalue weighted by Crippen LogP contribution is 2.21. The van der Waals surface area contributed by atoms with Crippen LogP contribution in [0.4, 0.5) is 5.69 Å². The highest BCUT2D eigenvalue weighted by Gasteiger charge is 2.23. The number of aliphatic carboxylic acids is 2. The molecule has 1 amide bonds. The van der Waals surface area contributed by atoms with Crippen molar-refractivity contribution in [2.75, 3.05) is 32.5 Å². The summed E-state index contributed by atoms with van der Waals surface area (Å²) >= 11 is 0. The van der Waals surface area contributed by atoms with Crippen molar-refractivity contribution in [3.63, 3.8) is 0 Å². The Morgan fingerprint density at radius 3 is 2.44 bits per heavy atom. The number of benzene rings is 1. The second kappa shape index (κ2) is 11.7. The first-order valence-electron chi connectivity index (χ1n) is 8.22. The number of carboxylic acid groups (broad SMARTS) is 2. The maximum atomic E-state index is 12.3. The van der Waals surface area contributed by atoms with Gasteiger partial charge in [-0.15, -0.1) is 0 Å². The minimum Gasteiger partial charge on any atom is -0.496 e. The molecule has 0 saturated carbocycles. The van der Waals surface area contributed by atoms with Gasteiger partial charge in [-0.25, -0.2) is 9.59 Å². The van der Waals surface area contributed by atoms with Crippen LogP contribution in [-0.2, 0) is 9.59 Å². The number of likely N-dealkylation sites (N-methyl/N-ethyl adjacent to an activating group) is 1. The summed E-state index contributed by atoms with van der Waals surface area (Å²) in [6.45, 7) is 4.98. The van der Waals surface area contributed by atoms with Gasteiger partial charge in [0, 0.05) is 18.3 Å². The molecule has 1 aliphatic rings. The number of nitrogen functional groups attached to an aromatic ring is 1. The molecule has 0 bridgehead atoms. The van der Waals surface area contributed by atoms with Gasteiger partial charge >= 0.3 is 11.9 Å². The van der Waals surface area contributed by atoms with E-state index in [9.17, 15) is 4.79 Å². The van der Waals surface area contributed by atoms with Crippen LogP contribution in [-0.4, -0.2) is 71.2 Å². The van der Waals surface area contributed by atoms with Crippen LogP contribution in [0.15, 0.2) is 18.2 Å². The summed E-state index contributed by atoms with van der Waals surface area (Å²) < 4.78 is 5.21. The normalized spacial score (nSPS) is 15.7. The lowest BCUT2D eigenvalue weighted by atomic mass is 10.1. The number of nitrogens with zero attached hydrogens (tertiary/aromatic N) is 1. The second-order valence-corrected chi connectivity index (χ2v) is 5.70. The molecular formula is C17H27N3O7. The van der Waals surface area contributed by atoms with Crippen molar-refractivity contribution in [2.24, 2.45) is 0 Å². The average Bonchev–Trinajstić information content (AvgIpc) is 3.07. The SMILES string of the molecule is CCN1CCCC1CNC(=O)c1cc(N)ccc1OC.O.O=C(O)C(=O)O. The first-order chi connectivity index (χ1) is 12.3. The first-order valence-corrected chi connectivity index (χ1v) is 8.22. The predicted octanol–water partition coefficient (Wildman–Crippen LogP) is -0.178. The highest BCUT2D eigenvalue weighted by molar-refractivity contribution is 6.27.